The fourth-order valence-corrected chi connectivity index (χ4v) is 2.21. The Morgan fingerprint density at radius 2 is 2.17 bits per heavy atom. The van der Waals surface area contributed by atoms with Gasteiger partial charge in [0.1, 0.15) is 11.3 Å². The van der Waals surface area contributed by atoms with Crippen molar-refractivity contribution in [2.24, 2.45) is 5.73 Å². The number of nitrogens with zero attached hydrogens (tertiary/aromatic N) is 4. The van der Waals surface area contributed by atoms with E-state index in [-0.39, 0.29) is 29.0 Å². The van der Waals surface area contributed by atoms with Crippen molar-refractivity contribution in [2.45, 2.75) is 26.0 Å². The Morgan fingerprint density at radius 1 is 1.48 bits per heavy atom. The molecule has 9 nitrogen and oxygen atoms in total. The molecule has 0 aliphatic heterocycles. The molecule has 5 N–H and O–H groups in total. The number of halogens is 1. The highest BCUT2D eigenvalue weighted by molar-refractivity contribution is 6.30. The van der Waals surface area contributed by atoms with E-state index in [2.05, 4.69) is 20.4 Å². The summed E-state index contributed by atoms with van der Waals surface area (Å²) in [7, 11) is 0. The minimum absolute atomic E-state index is 0.0484. The molecule has 2 aromatic heterocycles. The number of primary amides is 1. The Balaban J connectivity index is 2.40. The molecular weight excluding hydrogens is 324 g/mol. The van der Waals surface area contributed by atoms with Crippen LogP contribution in [0.15, 0.2) is 12.4 Å². The Kier molecular flexibility index (Phi) is 4.83. The van der Waals surface area contributed by atoms with E-state index in [1.54, 1.807) is 6.20 Å². The summed E-state index contributed by atoms with van der Waals surface area (Å²) in [5.74, 6) is -0.760. The highest BCUT2D eigenvalue weighted by Crippen LogP contribution is 2.28. The maximum atomic E-state index is 11.6. The van der Waals surface area contributed by atoms with E-state index in [1.807, 2.05) is 0 Å². The number of rotatable bonds is 6. The molecule has 0 aliphatic carbocycles. The van der Waals surface area contributed by atoms with Gasteiger partial charge in [0.2, 0.25) is 0 Å². The van der Waals surface area contributed by atoms with Crippen LogP contribution in [0, 0.1) is 0 Å². The molecule has 0 saturated heterocycles. The SMILES string of the molecule is CC(C)(O)c1nc(C(N)=O)c(Nc2cnn(CCO)c2)nc1Cl. The van der Waals surface area contributed by atoms with E-state index >= 15 is 0 Å². The summed E-state index contributed by atoms with van der Waals surface area (Å²) in [6.45, 7) is 3.22. The number of anilines is 2. The number of aliphatic hydroxyl groups excluding tert-OH is 1. The molecule has 2 rings (SSSR count). The highest BCUT2D eigenvalue weighted by atomic mass is 35.5. The Labute approximate surface area is 137 Å². The summed E-state index contributed by atoms with van der Waals surface area (Å²) in [5.41, 5.74) is 4.36. The Morgan fingerprint density at radius 3 is 2.74 bits per heavy atom. The Hall–Kier alpha value is -2.23. The first kappa shape index (κ1) is 17.1. The maximum absolute atomic E-state index is 11.6. The first-order chi connectivity index (χ1) is 10.7. The van der Waals surface area contributed by atoms with Gasteiger partial charge in [-0.25, -0.2) is 9.97 Å². The molecule has 2 heterocycles. The normalized spacial score (nSPS) is 11.5. The molecule has 0 fully saturated rings. The van der Waals surface area contributed by atoms with Gasteiger partial charge in [-0.2, -0.15) is 5.10 Å². The van der Waals surface area contributed by atoms with Crippen molar-refractivity contribution in [3.8, 4) is 0 Å². The van der Waals surface area contributed by atoms with Crippen LogP contribution in [-0.4, -0.2) is 42.5 Å². The van der Waals surface area contributed by atoms with Gasteiger partial charge < -0.3 is 21.3 Å². The molecule has 0 aromatic carbocycles. The number of hydrogen-bond donors (Lipinski definition) is 4. The average molecular weight is 341 g/mol. The van der Waals surface area contributed by atoms with Crippen LogP contribution in [0.5, 0.6) is 0 Å². The summed E-state index contributed by atoms with van der Waals surface area (Å²) < 4.78 is 1.51. The number of nitrogens with two attached hydrogens (primary N) is 1. The minimum atomic E-state index is -1.38. The van der Waals surface area contributed by atoms with Gasteiger partial charge in [0.05, 0.1) is 25.0 Å². The molecule has 0 bridgehead atoms. The molecular formula is C13H17ClN6O3. The number of nitrogens with one attached hydrogen (secondary N) is 1. The minimum Gasteiger partial charge on any atom is -0.394 e. The van der Waals surface area contributed by atoms with Gasteiger partial charge in [-0.3, -0.25) is 9.48 Å². The van der Waals surface area contributed by atoms with Gasteiger partial charge in [-0.1, -0.05) is 11.6 Å². The molecule has 0 atom stereocenters. The third-order valence-corrected chi connectivity index (χ3v) is 3.15. The highest BCUT2D eigenvalue weighted by Gasteiger charge is 2.26. The van der Waals surface area contributed by atoms with Crippen LogP contribution in [0.4, 0.5) is 11.5 Å². The van der Waals surface area contributed by atoms with Crippen molar-refractivity contribution >= 4 is 29.0 Å². The van der Waals surface area contributed by atoms with E-state index < -0.39 is 11.5 Å². The first-order valence-electron chi connectivity index (χ1n) is 6.73. The van der Waals surface area contributed by atoms with E-state index in [9.17, 15) is 9.90 Å². The molecule has 2 aromatic rings. The second-order valence-corrected chi connectivity index (χ2v) is 5.68. The fraction of sp³-hybridized carbons (Fsp3) is 0.385. The third kappa shape index (κ3) is 3.95. The number of carbonyl (C=O) groups excluding carboxylic acids is 1. The predicted molar refractivity (Wildman–Crippen MR) is 83.4 cm³/mol. The van der Waals surface area contributed by atoms with Crippen LogP contribution in [0.2, 0.25) is 5.15 Å². The molecule has 1 amide bonds. The lowest BCUT2D eigenvalue weighted by Gasteiger charge is -2.19. The molecule has 0 saturated carbocycles. The zero-order valence-electron chi connectivity index (χ0n) is 12.6. The van der Waals surface area contributed by atoms with Crippen molar-refractivity contribution < 1.29 is 15.0 Å². The second-order valence-electron chi connectivity index (χ2n) is 5.32. The van der Waals surface area contributed by atoms with Gasteiger partial charge in [0.15, 0.2) is 16.7 Å². The number of hydrogen-bond acceptors (Lipinski definition) is 7. The summed E-state index contributed by atoms with van der Waals surface area (Å²) in [4.78, 5) is 19.7. The standard InChI is InChI=1S/C13H17ClN6O3/c1-13(2,23)9-10(14)19-12(8(18-9)11(15)22)17-7-5-16-20(6-7)3-4-21/h5-6,21,23H,3-4H2,1-2H3,(H2,15,22)(H,17,19). The number of amides is 1. The van der Waals surface area contributed by atoms with E-state index in [0.29, 0.717) is 12.2 Å². The second kappa shape index (κ2) is 6.49. The van der Waals surface area contributed by atoms with Gasteiger partial charge in [-0.05, 0) is 13.8 Å². The van der Waals surface area contributed by atoms with Crippen molar-refractivity contribution in [1.29, 1.82) is 0 Å². The lowest BCUT2D eigenvalue weighted by Crippen LogP contribution is -2.24. The van der Waals surface area contributed by atoms with Crippen LogP contribution >= 0.6 is 11.6 Å². The number of aliphatic hydroxyl groups is 2. The van der Waals surface area contributed by atoms with Crippen LogP contribution in [0.3, 0.4) is 0 Å². The zero-order chi connectivity index (χ0) is 17.2. The van der Waals surface area contributed by atoms with Gasteiger partial charge in [-0.15, -0.1) is 0 Å². The lowest BCUT2D eigenvalue weighted by atomic mass is 10.1. The predicted octanol–water partition coefficient (Wildman–Crippen LogP) is 0.389. The maximum Gasteiger partial charge on any atom is 0.271 e. The van der Waals surface area contributed by atoms with Crippen molar-refractivity contribution in [3.05, 3.63) is 28.9 Å². The summed E-state index contributed by atoms with van der Waals surface area (Å²) in [6.07, 6.45) is 3.10. The summed E-state index contributed by atoms with van der Waals surface area (Å²) >= 11 is 6.03. The first-order valence-corrected chi connectivity index (χ1v) is 7.10. The monoisotopic (exact) mass is 340 g/mol. The smallest absolute Gasteiger partial charge is 0.271 e. The third-order valence-electron chi connectivity index (χ3n) is 2.89. The Bertz CT molecular complexity index is 725. The number of carbonyl (C=O) groups is 1. The van der Waals surface area contributed by atoms with Crippen molar-refractivity contribution in [3.63, 3.8) is 0 Å². The van der Waals surface area contributed by atoms with Crippen molar-refractivity contribution in [2.75, 3.05) is 11.9 Å². The lowest BCUT2D eigenvalue weighted by molar-refractivity contribution is 0.0732. The molecule has 0 aliphatic rings. The van der Waals surface area contributed by atoms with Gasteiger partial charge in [0.25, 0.3) is 5.91 Å². The molecule has 0 spiro atoms. The molecule has 23 heavy (non-hydrogen) atoms. The summed E-state index contributed by atoms with van der Waals surface area (Å²) in [5, 5.41) is 25.7. The van der Waals surface area contributed by atoms with E-state index in [1.165, 1.54) is 24.7 Å². The van der Waals surface area contributed by atoms with Gasteiger partial charge >= 0.3 is 0 Å². The molecule has 0 unspecified atom stereocenters. The molecule has 124 valence electrons. The molecule has 10 heteroatoms. The van der Waals surface area contributed by atoms with Crippen molar-refractivity contribution in [1.82, 2.24) is 19.7 Å². The molecule has 0 radical (unpaired) electrons. The van der Waals surface area contributed by atoms with E-state index in [4.69, 9.17) is 22.4 Å². The van der Waals surface area contributed by atoms with Crippen LogP contribution < -0.4 is 11.1 Å². The topological polar surface area (TPSA) is 139 Å². The van der Waals surface area contributed by atoms with Crippen LogP contribution in [0.25, 0.3) is 0 Å². The van der Waals surface area contributed by atoms with E-state index in [0.717, 1.165) is 0 Å². The summed E-state index contributed by atoms with van der Waals surface area (Å²) in [6, 6.07) is 0. The average Bonchev–Trinajstić information content (AvgIpc) is 2.84. The quantitative estimate of drug-likeness (QED) is 0.596. The van der Waals surface area contributed by atoms with Gasteiger partial charge in [0, 0.05) is 6.20 Å². The van der Waals surface area contributed by atoms with Crippen LogP contribution in [0.1, 0.15) is 30.0 Å². The number of aromatic nitrogens is 4. The fourth-order valence-electron chi connectivity index (χ4n) is 1.85. The zero-order valence-corrected chi connectivity index (χ0v) is 13.4. The van der Waals surface area contributed by atoms with Crippen LogP contribution in [-0.2, 0) is 12.1 Å². The largest absolute Gasteiger partial charge is 0.394 e.